The molecule has 1 unspecified atom stereocenters. The fourth-order valence-corrected chi connectivity index (χ4v) is 2.34. The van der Waals surface area contributed by atoms with Gasteiger partial charge >= 0.3 is 0 Å². The Hall–Kier alpha value is -1.09. The quantitative estimate of drug-likeness (QED) is 0.686. The number of hydrogen-bond acceptors (Lipinski definition) is 2. The van der Waals surface area contributed by atoms with Crippen molar-refractivity contribution in [3.05, 3.63) is 30.1 Å². The molecule has 1 aromatic carbocycles. The van der Waals surface area contributed by atoms with Gasteiger partial charge in [-0.05, 0) is 30.7 Å². The van der Waals surface area contributed by atoms with E-state index in [1.54, 1.807) is 0 Å². The zero-order valence-electron chi connectivity index (χ0n) is 12.2. The Morgan fingerprint density at radius 2 is 1.74 bits per heavy atom. The van der Waals surface area contributed by atoms with Crippen molar-refractivity contribution < 1.29 is 4.39 Å². The van der Waals surface area contributed by atoms with Crippen molar-refractivity contribution in [3.8, 4) is 0 Å². The van der Waals surface area contributed by atoms with E-state index in [0.29, 0.717) is 12.6 Å². The fourth-order valence-electron chi connectivity index (χ4n) is 2.34. The minimum atomic E-state index is -0.194. The average Bonchev–Trinajstić information content (AvgIpc) is 2.43. The molecule has 2 N–H and O–H groups in total. The van der Waals surface area contributed by atoms with Gasteiger partial charge in [0, 0.05) is 25.3 Å². The van der Waals surface area contributed by atoms with Gasteiger partial charge in [-0.3, -0.25) is 0 Å². The lowest BCUT2D eigenvalue weighted by molar-refractivity contribution is 0.528. The summed E-state index contributed by atoms with van der Waals surface area (Å²) >= 11 is 0. The van der Waals surface area contributed by atoms with Crippen LogP contribution in [0, 0.1) is 5.82 Å². The smallest absolute Gasteiger partial charge is 0.123 e. The van der Waals surface area contributed by atoms with Crippen LogP contribution in [-0.4, -0.2) is 19.6 Å². The molecule has 2 nitrogen and oxygen atoms in total. The molecular weight excluding hydrogens is 239 g/mol. The van der Waals surface area contributed by atoms with Gasteiger partial charge in [0.2, 0.25) is 0 Å². The molecule has 0 amide bonds. The third-order valence-corrected chi connectivity index (χ3v) is 3.69. The maximum absolute atomic E-state index is 12.9. The summed E-state index contributed by atoms with van der Waals surface area (Å²) in [6, 6.07) is 6.97. The molecular formula is C16H27FN2. The van der Waals surface area contributed by atoms with Crippen LogP contribution < -0.4 is 10.6 Å². The number of unbranched alkanes of at least 4 members (excludes halogenated alkanes) is 4. The molecule has 0 saturated heterocycles. The van der Waals surface area contributed by atoms with Crippen LogP contribution in [0.4, 0.5) is 10.1 Å². The first-order valence-corrected chi connectivity index (χ1v) is 7.37. The van der Waals surface area contributed by atoms with E-state index in [4.69, 9.17) is 5.73 Å². The Bertz CT molecular complexity index is 337. The third-order valence-electron chi connectivity index (χ3n) is 3.69. The Morgan fingerprint density at radius 3 is 2.32 bits per heavy atom. The second-order valence-corrected chi connectivity index (χ2v) is 5.18. The number of rotatable bonds is 9. The highest BCUT2D eigenvalue weighted by Gasteiger charge is 2.13. The lowest BCUT2D eigenvalue weighted by Crippen LogP contribution is -2.37. The second-order valence-electron chi connectivity index (χ2n) is 5.18. The summed E-state index contributed by atoms with van der Waals surface area (Å²) in [5, 5.41) is 0. The first-order valence-electron chi connectivity index (χ1n) is 7.37. The lowest BCUT2D eigenvalue weighted by Gasteiger charge is -2.29. The van der Waals surface area contributed by atoms with E-state index in [1.807, 2.05) is 19.2 Å². The number of halogens is 1. The molecule has 0 radical (unpaired) electrons. The van der Waals surface area contributed by atoms with Gasteiger partial charge in [0.25, 0.3) is 0 Å². The van der Waals surface area contributed by atoms with Crippen molar-refractivity contribution in [1.29, 1.82) is 0 Å². The SMILES string of the molecule is CCCCCCCC(CN)N(C)c1ccc(F)cc1. The van der Waals surface area contributed by atoms with Gasteiger partial charge in [0.05, 0.1) is 0 Å². The van der Waals surface area contributed by atoms with Crippen molar-refractivity contribution in [2.75, 3.05) is 18.5 Å². The molecule has 1 atom stereocenters. The van der Waals surface area contributed by atoms with Gasteiger partial charge in [-0.25, -0.2) is 4.39 Å². The van der Waals surface area contributed by atoms with Crippen molar-refractivity contribution in [2.45, 2.75) is 51.5 Å². The zero-order valence-corrected chi connectivity index (χ0v) is 12.2. The predicted molar refractivity (Wildman–Crippen MR) is 81.0 cm³/mol. The van der Waals surface area contributed by atoms with Gasteiger partial charge in [0.1, 0.15) is 5.82 Å². The van der Waals surface area contributed by atoms with Crippen LogP contribution in [0.15, 0.2) is 24.3 Å². The predicted octanol–water partition coefficient (Wildman–Crippen LogP) is 3.95. The van der Waals surface area contributed by atoms with Crippen molar-refractivity contribution >= 4 is 5.69 Å². The standard InChI is InChI=1S/C16H27FN2/c1-3-4-5-6-7-8-16(13-18)19(2)15-11-9-14(17)10-12-15/h9-12,16H,3-8,13,18H2,1-2H3. The van der Waals surface area contributed by atoms with E-state index < -0.39 is 0 Å². The lowest BCUT2D eigenvalue weighted by atomic mass is 10.0. The second kappa shape index (κ2) is 8.92. The van der Waals surface area contributed by atoms with Gasteiger partial charge in [-0.15, -0.1) is 0 Å². The Balaban J connectivity index is 2.42. The summed E-state index contributed by atoms with van der Waals surface area (Å²) < 4.78 is 12.9. The number of nitrogens with two attached hydrogens (primary N) is 1. The van der Waals surface area contributed by atoms with Crippen LogP contribution in [0.2, 0.25) is 0 Å². The first kappa shape index (κ1) is 16.0. The summed E-state index contributed by atoms with van der Waals surface area (Å²) in [7, 11) is 2.04. The van der Waals surface area contributed by atoms with E-state index in [0.717, 1.165) is 12.1 Å². The minimum absolute atomic E-state index is 0.194. The van der Waals surface area contributed by atoms with Gasteiger partial charge in [0.15, 0.2) is 0 Å². The molecule has 0 saturated carbocycles. The van der Waals surface area contributed by atoms with Crippen LogP contribution in [0.25, 0.3) is 0 Å². The Morgan fingerprint density at radius 1 is 1.11 bits per heavy atom. The minimum Gasteiger partial charge on any atom is -0.370 e. The molecule has 0 bridgehead atoms. The molecule has 0 heterocycles. The van der Waals surface area contributed by atoms with Crippen LogP contribution in [0.3, 0.4) is 0 Å². The fraction of sp³-hybridized carbons (Fsp3) is 0.625. The van der Waals surface area contributed by atoms with E-state index in [-0.39, 0.29) is 5.82 Å². The molecule has 0 aliphatic carbocycles. The highest BCUT2D eigenvalue weighted by Crippen LogP contribution is 2.18. The van der Waals surface area contributed by atoms with E-state index in [9.17, 15) is 4.39 Å². The number of hydrogen-bond donors (Lipinski definition) is 1. The Kier molecular flexibility index (Phi) is 7.49. The maximum Gasteiger partial charge on any atom is 0.123 e. The molecule has 0 spiro atoms. The molecule has 19 heavy (non-hydrogen) atoms. The van der Waals surface area contributed by atoms with Crippen LogP contribution in [0.5, 0.6) is 0 Å². The summed E-state index contributed by atoms with van der Waals surface area (Å²) in [6.07, 6.45) is 7.51. The number of benzene rings is 1. The van der Waals surface area contributed by atoms with Crippen LogP contribution >= 0.6 is 0 Å². The summed E-state index contributed by atoms with van der Waals surface area (Å²) in [5.41, 5.74) is 6.90. The summed E-state index contributed by atoms with van der Waals surface area (Å²) in [5.74, 6) is -0.194. The molecule has 1 aromatic rings. The Labute approximate surface area is 116 Å². The normalized spacial score (nSPS) is 12.4. The third kappa shape index (κ3) is 5.60. The molecule has 0 aromatic heterocycles. The average molecular weight is 266 g/mol. The molecule has 1 rings (SSSR count). The van der Waals surface area contributed by atoms with Gasteiger partial charge in [-0.1, -0.05) is 39.0 Å². The number of likely N-dealkylation sites (N-methyl/N-ethyl adjacent to an activating group) is 1. The summed E-state index contributed by atoms with van der Waals surface area (Å²) in [4.78, 5) is 2.17. The van der Waals surface area contributed by atoms with Crippen molar-refractivity contribution in [3.63, 3.8) is 0 Å². The molecule has 0 aliphatic heterocycles. The van der Waals surface area contributed by atoms with E-state index in [2.05, 4.69) is 11.8 Å². The van der Waals surface area contributed by atoms with E-state index >= 15 is 0 Å². The highest BCUT2D eigenvalue weighted by molar-refractivity contribution is 5.46. The van der Waals surface area contributed by atoms with Crippen molar-refractivity contribution in [1.82, 2.24) is 0 Å². The maximum atomic E-state index is 12.9. The molecule has 108 valence electrons. The van der Waals surface area contributed by atoms with Gasteiger partial charge < -0.3 is 10.6 Å². The highest BCUT2D eigenvalue weighted by atomic mass is 19.1. The number of anilines is 1. The van der Waals surface area contributed by atoms with Crippen LogP contribution in [-0.2, 0) is 0 Å². The largest absolute Gasteiger partial charge is 0.370 e. The first-order chi connectivity index (χ1) is 9.19. The zero-order chi connectivity index (χ0) is 14.1. The van der Waals surface area contributed by atoms with Crippen LogP contribution in [0.1, 0.15) is 45.4 Å². The van der Waals surface area contributed by atoms with Gasteiger partial charge in [-0.2, -0.15) is 0 Å². The van der Waals surface area contributed by atoms with Crippen molar-refractivity contribution in [2.24, 2.45) is 5.73 Å². The summed E-state index contributed by atoms with van der Waals surface area (Å²) in [6.45, 7) is 2.87. The molecule has 0 aliphatic rings. The van der Waals surface area contributed by atoms with E-state index in [1.165, 1.54) is 44.2 Å². The molecule has 0 fully saturated rings. The number of nitrogens with zero attached hydrogens (tertiary/aromatic N) is 1. The molecule has 3 heteroatoms. The monoisotopic (exact) mass is 266 g/mol. The topological polar surface area (TPSA) is 29.3 Å².